The Morgan fingerprint density at radius 3 is 2.62 bits per heavy atom. The Labute approximate surface area is 140 Å². The number of nitrogens with zero attached hydrogens (tertiary/aromatic N) is 2. The largest absolute Gasteiger partial charge is 0.465 e. The van der Waals surface area contributed by atoms with E-state index in [1.165, 1.54) is 0 Å². The van der Waals surface area contributed by atoms with Crippen molar-refractivity contribution in [2.45, 2.75) is 26.5 Å². The molecule has 3 rings (SSSR count). The maximum Gasteiger partial charge on any atom is 0.195 e. The molecule has 1 aromatic carbocycles. The second kappa shape index (κ2) is 5.21. The van der Waals surface area contributed by atoms with E-state index in [0.717, 1.165) is 37.2 Å². The lowest BCUT2D eigenvalue weighted by Crippen LogP contribution is -2.33. The van der Waals surface area contributed by atoms with E-state index in [1.54, 1.807) is 6.20 Å². The lowest BCUT2D eigenvalue weighted by Gasteiger charge is -2.31. The second-order valence-corrected chi connectivity index (χ2v) is 7.05. The lowest BCUT2D eigenvalue weighted by molar-refractivity contribution is 0.114. The summed E-state index contributed by atoms with van der Waals surface area (Å²) >= 11 is 7.23. The van der Waals surface area contributed by atoms with Crippen molar-refractivity contribution in [3.8, 4) is 5.75 Å². The lowest BCUT2D eigenvalue weighted by atomic mass is 10.0. The molecule has 2 aromatic rings. The van der Waals surface area contributed by atoms with Crippen LogP contribution in [-0.2, 0) is 0 Å². The van der Waals surface area contributed by atoms with Gasteiger partial charge in [-0.25, -0.2) is 4.99 Å². The SMILES string of the molecule is Cc1c(Br)cc2c(c1Br)OC(C)(C)N=C2c1ccccn1. The van der Waals surface area contributed by atoms with E-state index >= 15 is 0 Å². The zero-order valence-electron chi connectivity index (χ0n) is 11.9. The van der Waals surface area contributed by atoms with Crippen molar-refractivity contribution in [3.05, 3.63) is 56.2 Å². The number of halogens is 2. The average Bonchev–Trinajstić information content (AvgIpc) is 2.46. The van der Waals surface area contributed by atoms with Crippen LogP contribution in [0.1, 0.15) is 30.7 Å². The van der Waals surface area contributed by atoms with Gasteiger partial charge in [0.1, 0.15) is 5.75 Å². The van der Waals surface area contributed by atoms with E-state index in [4.69, 9.17) is 9.73 Å². The fourth-order valence-corrected chi connectivity index (χ4v) is 3.47. The number of pyridine rings is 1. The van der Waals surface area contributed by atoms with E-state index in [2.05, 4.69) is 36.8 Å². The minimum atomic E-state index is -0.622. The van der Waals surface area contributed by atoms with Gasteiger partial charge in [0.05, 0.1) is 15.9 Å². The Morgan fingerprint density at radius 1 is 1.19 bits per heavy atom. The van der Waals surface area contributed by atoms with Crippen molar-refractivity contribution in [1.82, 2.24) is 4.98 Å². The quantitative estimate of drug-likeness (QED) is 0.672. The van der Waals surface area contributed by atoms with Gasteiger partial charge in [-0.05, 0) is 60.5 Å². The first-order valence-electron chi connectivity index (χ1n) is 6.58. The number of aromatic nitrogens is 1. The fourth-order valence-electron chi connectivity index (χ4n) is 2.27. The van der Waals surface area contributed by atoms with Crippen LogP contribution >= 0.6 is 31.9 Å². The normalized spacial score (nSPS) is 16.0. The van der Waals surface area contributed by atoms with Gasteiger partial charge in [-0.1, -0.05) is 22.0 Å². The van der Waals surface area contributed by atoms with E-state index in [0.29, 0.717) is 0 Å². The van der Waals surface area contributed by atoms with Crippen LogP contribution in [0.4, 0.5) is 0 Å². The van der Waals surface area contributed by atoms with E-state index in [-0.39, 0.29) is 0 Å². The van der Waals surface area contributed by atoms with Crippen LogP contribution in [0.5, 0.6) is 5.75 Å². The molecule has 0 amide bonds. The highest BCUT2D eigenvalue weighted by Gasteiger charge is 2.31. The summed E-state index contributed by atoms with van der Waals surface area (Å²) in [5.41, 5.74) is 3.12. The summed E-state index contributed by atoms with van der Waals surface area (Å²) in [5.74, 6) is 0.816. The van der Waals surface area contributed by atoms with Crippen LogP contribution in [0, 0.1) is 6.92 Å². The molecule has 0 spiro atoms. The number of aliphatic imine (C=N–C) groups is 1. The molecule has 21 heavy (non-hydrogen) atoms. The predicted molar refractivity (Wildman–Crippen MR) is 91.2 cm³/mol. The Hall–Kier alpha value is -1.20. The van der Waals surface area contributed by atoms with Crippen LogP contribution in [0.15, 0.2) is 44.4 Å². The number of hydrogen-bond acceptors (Lipinski definition) is 3. The molecule has 0 bridgehead atoms. The molecule has 0 saturated carbocycles. The van der Waals surface area contributed by atoms with E-state index in [9.17, 15) is 0 Å². The summed E-state index contributed by atoms with van der Waals surface area (Å²) in [5, 5.41) is 0. The van der Waals surface area contributed by atoms with Gasteiger partial charge in [0, 0.05) is 16.2 Å². The van der Waals surface area contributed by atoms with Gasteiger partial charge in [0.2, 0.25) is 0 Å². The topological polar surface area (TPSA) is 34.5 Å². The Kier molecular flexibility index (Phi) is 3.66. The summed E-state index contributed by atoms with van der Waals surface area (Å²) < 4.78 is 8.02. The standard InChI is InChI=1S/C16H14Br2N2O/c1-9-11(17)8-10-14(12-6-4-5-7-19-12)20-16(2,3)21-15(10)13(9)18/h4-8H,1-3H3. The smallest absolute Gasteiger partial charge is 0.195 e. The van der Waals surface area contributed by atoms with Gasteiger partial charge in [-0.15, -0.1) is 0 Å². The third kappa shape index (κ3) is 2.64. The first kappa shape index (κ1) is 14.7. The summed E-state index contributed by atoms with van der Waals surface area (Å²) in [6.07, 6.45) is 1.78. The van der Waals surface area contributed by atoms with Gasteiger partial charge in [0.25, 0.3) is 0 Å². The van der Waals surface area contributed by atoms with Crippen LogP contribution in [0.3, 0.4) is 0 Å². The monoisotopic (exact) mass is 408 g/mol. The van der Waals surface area contributed by atoms with Crippen molar-refractivity contribution >= 4 is 37.6 Å². The predicted octanol–water partition coefficient (Wildman–Crippen LogP) is 4.88. The minimum Gasteiger partial charge on any atom is -0.465 e. The molecule has 1 aliphatic rings. The van der Waals surface area contributed by atoms with Gasteiger partial charge in [-0.2, -0.15) is 0 Å². The number of ether oxygens (including phenoxy) is 1. The highest BCUT2D eigenvalue weighted by atomic mass is 79.9. The Balaban J connectivity index is 2.29. The zero-order valence-corrected chi connectivity index (χ0v) is 15.1. The van der Waals surface area contributed by atoms with Crippen molar-refractivity contribution in [2.24, 2.45) is 4.99 Å². The first-order chi connectivity index (χ1) is 9.89. The molecule has 108 valence electrons. The molecule has 1 aliphatic heterocycles. The zero-order chi connectivity index (χ0) is 15.2. The molecule has 0 saturated heterocycles. The molecule has 0 fully saturated rings. The molecule has 1 aromatic heterocycles. The van der Waals surface area contributed by atoms with Crippen LogP contribution in [0.2, 0.25) is 0 Å². The summed E-state index contributed by atoms with van der Waals surface area (Å²) in [6.45, 7) is 5.93. The minimum absolute atomic E-state index is 0.622. The third-order valence-corrected chi connectivity index (χ3v) is 5.08. The molecule has 0 aliphatic carbocycles. The molecule has 3 nitrogen and oxygen atoms in total. The van der Waals surface area contributed by atoms with Crippen LogP contribution in [0.25, 0.3) is 0 Å². The van der Waals surface area contributed by atoms with Gasteiger partial charge >= 0.3 is 0 Å². The first-order valence-corrected chi connectivity index (χ1v) is 8.17. The van der Waals surface area contributed by atoms with Crippen LogP contribution in [-0.4, -0.2) is 16.4 Å². The van der Waals surface area contributed by atoms with E-state index in [1.807, 2.05) is 45.0 Å². The molecule has 0 atom stereocenters. The number of fused-ring (bicyclic) bond motifs is 1. The Morgan fingerprint density at radius 2 is 1.95 bits per heavy atom. The fraction of sp³-hybridized carbons (Fsp3) is 0.250. The molecule has 0 radical (unpaired) electrons. The number of hydrogen-bond donors (Lipinski definition) is 0. The number of rotatable bonds is 1. The molecular formula is C16H14Br2N2O. The third-order valence-electron chi connectivity index (χ3n) is 3.30. The Bertz CT molecular complexity index is 740. The molecule has 0 unspecified atom stereocenters. The van der Waals surface area contributed by atoms with Crippen LogP contribution < -0.4 is 4.74 Å². The van der Waals surface area contributed by atoms with Crippen molar-refractivity contribution in [1.29, 1.82) is 0 Å². The average molecular weight is 410 g/mol. The molecule has 2 heterocycles. The van der Waals surface area contributed by atoms with Crippen molar-refractivity contribution in [2.75, 3.05) is 0 Å². The van der Waals surface area contributed by atoms with Gasteiger partial charge in [-0.3, -0.25) is 4.98 Å². The second-order valence-electron chi connectivity index (χ2n) is 5.40. The summed E-state index contributed by atoms with van der Waals surface area (Å²) in [4.78, 5) is 9.16. The van der Waals surface area contributed by atoms with Crippen molar-refractivity contribution in [3.63, 3.8) is 0 Å². The number of benzene rings is 1. The van der Waals surface area contributed by atoms with Gasteiger partial charge < -0.3 is 4.74 Å². The van der Waals surface area contributed by atoms with Crippen molar-refractivity contribution < 1.29 is 4.74 Å². The van der Waals surface area contributed by atoms with Gasteiger partial charge in [0.15, 0.2) is 5.72 Å². The molecule has 5 heteroatoms. The molecular weight excluding hydrogens is 396 g/mol. The highest BCUT2D eigenvalue weighted by Crippen LogP contribution is 2.42. The maximum atomic E-state index is 6.05. The highest BCUT2D eigenvalue weighted by molar-refractivity contribution is 9.11. The van der Waals surface area contributed by atoms with E-state index < -0.39 is 5.72 Å². The molecule has 0 N–H and O–H groups in total. The maximum absolute atomic E-state index is 6.05. The summed E-state index contributed by atoms with van der Waals surface area (Å²) in [6, 6.07) is 7.87. The summed E-state index contributed by atoms with van der Waals surface area (Å²) in [7, 11) is 0.